The highest BCUT2D eigenvalue weighted by Crippen LogP contribution is 2.23. The van der Waals surface area contributed by atoms with Gasteiger partial charge in [0.25, 0.3) is 0 Å². The van der Waals surface area contributed by atoms with Crippen molar-refractivity contribution in [1.82, 2.24) is 25.0 Å². The third-order valence-corrected chi connectivity index (χ3v) is 3.46. The first-order chi connectivity index (χ1) is 10.2. The van der Waals surface area contributed by atoms with Crippen LogP contribution in [-0.4, -0.2) is 31.0 Å². The van der Waals surface area contributed by atoms with Gasteiger partial charge in [-0.2, -0.15) is 0 Å². The van der Waals surface area contributed by atoms with Crippen LogP contribution in [0.5, 0.6) is 0 Å². The van der Waals surface area contributed by atoms with Gasteiger partial charge >= 0.3 is 0 Å². The van der Waals surface area contributed by atoms with Crippen LogP contribution in [0.2, 0.25) is 0 Å². The summed E-state index contributed by atoms with van der Waals surface area (Å²) in [5.74, 6) is 0.826. The lowest BCUT2D eigenvalue weighted by Crippen LogP contribution is -2.31. The predicted octanol–water partition coefficient (Wildman–Crippen LogP) is 2.17. The normalized spacial score (nSPS) is 11.2. The molecule has 0 radical (unpaired) electrons. The lowest BCUT2D eigenvalue weighted by molar-refractivity contribution is 0.674. The minimum atomic E-state index is 0.297. The summed E-state index contributed by atoms with van der Waals surface area (Å²) >= 11 is 0. The van der Waals surface area contributed by atoms with Crippen molar-refractivity contribution >= 4 is 17.0 Å². The quantitative estimate of drug-likeness (QED) is 0.734. The number of fused-ring (bicyclic) bond motifs is 1. The average molecular weight is 282 g/mol. The summed E-state index contributed by atoms with van der Waals surface area (Å²) in [5.41, 5.74) is 2.73. The Morgan fingerprint density at radius 1 is 1.14 bits per heavy atom. The largest absolute Gasteiger partial charge is 0.348 e. The first-order valence-electron chi connectivity index (χ1n) is 6.98. The topological polar surface area (TPSA) is 59.7 Å². The number of benzene rings is 1. The molecule has 0 atom stereocenters. The molecule has 21 heavy (non-hydrogen) atoms. The minimum Gasteiger partial charge on any atom is -0.348 e. The molecule has 0 spiro atoms. The lowest BCUT2D eigenvalue weighted by atomic mass is 10.2. The molecular formula is C15H18N6. The Balaban J connectivity index is 2.04. The molecule has 0 saturated carbocycles. The number of rotatable bonds is 4. The lowest BCUT2D eigenvalue weighted by Gasteiger charge is -2.27. The number of anilines is 1. The van der Waals surface area contributed by atoms with E-state index in [4.69, 9.17) is 0 Å². The van der Waals surface area contributed by atoms with Crippen LogP contribution >= 0.6 is 0 Å². The van der Waals surface area contributed by atoms with E-state index in [1.54, 1.807) is 11.0 Å². The van der Waals surface area contributed by atoms with Gasteiger partial charge in [-0.25, -0.2) is 14.6 Å². The first kappa shape index (κ1) is 13.5. The summed E-state index contributed by atoms with van der Waals surface area (Å²) < 4.78 is 1.67. The van der Waals surface area contributed by atoms with Crippen molar-refractivity contribution in [2.45, 2.75) is 26.4 Å². The van der Waals surface area contributed by atoms with E-state index in [2.05, 4.69) is 51.2 Å². The van der Waals surface area contributed by atoms with E-state index in [-0.39, 0.29) is 0 Å². The number of aryl methyl sites for hydroxylation is 1. The predicted molar refractivity (Wildman–Crippen MR) is 81.9 cm³/mol. The van der Waals surface area contributed by atoms with Gasteiger partial charge in [-0.15, -0.1) is 5.10 Å². The minimum absolute atomic E-state index is 0.297. The Morgan fingerprint density at radius 2 is 1.90 bits per heavy atom. The van der Waals surface area contributed by atoms with Gasteiger partial charge < -0.3 is 4.90 Å². The zero-order valence-electron chi connectivity index (χ0n) is 12.4. The van der Waals surface area contributed by atoms with Crippen molar-refractivity contribution in [3.05, 3.63) is 42.2 Å². The van der Waals surface area contributed by atoms with Crippen LogP contribution in [0.15, 0.2) is 36.7 Å². The molecule has 1 aromatic carbocycles. The highest BCUT2D eigenvalue weighted by atomic mass is 15.4. The van der Waals surface area contributed by atoms with Crippen molar-refractivity contribution in [3.8, 4) is 0 Å². The Bertz CT molecular complexity index is 734. The SMILES string of the molecule is CC(C)N(Cc1ccccc1)c1ncnc2c1nnn2C. The summed E-state index contributed by atoms with van der Waals surface area (Å²) in [7, 11) is 1.84. The van der Waals surface area contributed by atoms with Crippen molar-refractivity contribution in [2.75, 3.05) is 4.90 Å². The van der Waals surface area contributed by atoms with E-state index in [9.17, 15) is 0 Å². The van der Waals surface area contributed by atoms with Gasteiger partial charge in [0.2, 0.25) is 0 Å². The molecule has 0 aliphatic heterocycles. The van der Waals surface area contributed by atoms with Crippen molar-refractivity contribution in [3.63, 3.8) is 0 Å². The number of nitrogens with zero attached hydrogens (tertiary/aromatic N) is 6. The maximum atomic E-state index is 4.44. The molecule has 2 heterocycles. The van der Waals surface area contributed by atoms with Crippen LogP contribution in [0.25, 0.3) is 11.2 Å². The maximum Gasteiger partial charge on any atom is 0.183 e. The van der Waals surface area contributed by atoms with Crippen LogP contribution in [0.1, 0.15) is 19.4 Å². The van der Waals surface area contributed by atoms with Crippen LogP contribution in [0.4, 0.5) is 5.82 Å². The maximum absolute atomic E-state index is 4.44. The number of aromatic nitrogens is 5. The zero-order chi connectivity index (χ0) is 14.8. The molecular weight excluding hydrogens is 264 g/mol. The van der Waals surface area contributed by atoms with Gasteiger partial charge in [-0.05, 0) is 19.4 Å². The summed E-state index contributed by atoms with van der Waals surface area (Å²) in [6.45, 7) is 5.07. The molecule has 3 aromatic rings. The van der Waals surface area contributed by atoms with Crippen LogP contribution in [0.3, 0.4) is 0 Å². The molecule has 0 aliphatic carbocycles. The molecule has 0 aliphatic rings. The summed E-state index contributed by atoms with van der Waals surface area (Å²) in [6.07, 6.45) is 1.57. The average Bonchev–Trinajstić information content (AvgIpc) is 2.87. The third kappa shape index (κ3) is 2.56. The second-order valence-corrected chi connectivity index (χ2v) is 5.29. The highest BCUT2D eigenvalue weighted by Gasteiger charge is 2.18. The fourth-order valence-electron chi connectivity index (χ4n) is 2.33. The molecule has 0 fully saturated rings. The van der Waals surface area contributed by atoms with E-state index in [1.807, 2.05) is 25.2 Å². The number of hydrogen-bond acceptors (Lipinski definition) is 5. The van der Waals surface area contributed by atoms with Crippen LogP contribution in [-0.2, 0) is 13.6 Å². The van der Waals surface area contributed by atoms with Crippen molar-refractivity contribution in [1.29, 1.82) is 0 Å². The Kier molecular flexibility index (Phi) is 3.51. The molecule has 0 N–H and O–H groups in total. The second kappa shape index (κ2) is 5.47. The summed E-state index contributed by atoms with van der Waals surface area (Å²) in [6, 6.07) is 10.6. The molecule has 108 valence electrons. The molecule has 0 unspecified atom stereocenters. The Labute approximate surface area is 123 Å². The fourth-order valence-corrected chi connectivity index (χ4v) is 2.33. The van der Waals surface area contributed by atoms with Crippen LogP contribution < -0.4 is 4.90 Å². The molecule has 0 saturated heterocycles. The van der Waals surface area contributed by atoms with Gasteiger partial charge in [0.05, 0.1) is 0 Å². The first-order valence-corrected chi connectivity index (χ1v) is 6.98. The zero-order valence-corrected chi connectivity index (χ0v) is 12.4. The van der Waals surface area contributed by atoms with Gasteiger partial charge in [0, 0.05) is 19.6 Å². The van der Waals surface area contributed by atoms with E-state index in [0.717, 1.165) is 23.5 Å². The Morgan fingerprint density at radius 3 is 2.62 bits per heavy atom. The smallest absolute Gasteiger partial charge is 0.183 e. The molecule has 0 bridgehead atoms. The summed E-state index contributed by atoms with van der Waals surface area (Å²) in [5, 5.41) is 8.25. The van der Waals surface area contributed by atoms with E-state index in [1.165, 1.54) is 5.56 Å². The fraction of sp³-hybridized carbons (Fsp3) is 0.333. The Hall–Kier alpha value is -2.50. The van der Waals surface area contributed by atoms with Crippen molar-refractivity contribution < 1.29 is 0 Å². The van der Waals surface area contributed by atoms with Gasteiger partial charge in [-0.3, -0.25) is 0 Å². The molecule has 3 rings (SSSR count). The van der Waals surface area contributed by atoms with E-state index < -0.39 is 0 Å². The number of hydrogen-bond donors (Lipinski definition) is 0. The molecule has 6 nitrogen and oxygen atoms in total. The van der Waals surface area contributed by atoms with Crippen LogP contribution in [0, 0.1) is 0 Å². The standard InChI is InChI=1S/C15H18N6/c1-11(2)21(9-12-7-5-4-6-8-12)15-13-14(16-10-17-15)20(3)19-18-13/h4-8,10-11H,9H2,1-3H3. The van der Waals surface area contributed by atoms with E-state index >= 15 is 0 Å². The monoisotopic (exact) mass is 282 g/mol. The van der Waals surface area contributed by atoms with Crippen molar-refractivity contribution in [2.24, 2.45) is 7.05 Å². The van der Waals surface area contributed by atoms with E-state index in [0.29, 0.717) is 6.04 Å². The van der Waals surface area contributed by atoms with Gasteiger partial charge in [0.1, 0.15) is 6.33 Å². The summed E-state index contributed by atoms with van der Waals surface area (Å²) in [4.78, 5) is 10.9. The molecule has 6 heteroatoms. The van der Waals surface area contributed by atoms with Gasteiger partial charge in [-0.1, -0.05) is 35.5 Å². The van der Waals surface area contributed by atoms with Gasteiger partial charge in [0.15, 0.2) is 17.0 Å². The molecule has 0 amide bonds. The molecule has 2 aromatic heterocycles. The second-order valence-electron chi connectivity index (χ2n) is 5.29. The third-order valence-electron chi connectivity index (χ3n) is 3.46. The highest BCUT2D eigenvalue weighted by molar-refractivity contribution is 5.82.